The molecular weight excluding hydrogens is 453 g/mol. The first kappa shape index (κ1) is 27.4. The van der Waals surface area contributed by atoms with Crippen LogP contribution in [-0.2, 0) is 4.74 Å². The van der Waals surface area contributed by atoms with Gasteiger partial charge in [-0.3, -0.25) is 0 Å². The summed E-state index contributed by atoms with van der Waals surface area (Å²) in [7, 11) is 1.99. The normalized spacial score (nSPS) is 15.2. The average Bonchev–Trinajstić information content (AvgIpc) is 2.91. The molecule has 0 aliphatic carbocycles. The molecule has 6 heteroatoms. The summed E-state index contributed by atoms with van der Waals surface area (Å²) >= 11 is 0. The lowest BCUT2D eigenvalue weighted by Gasteiger charge is -2.34. The van der Waals surface area contributed by atoms with Gasteiger partial charge in [0.25, 0.3) is 0 Å². The number of nitrogens with zero attached hydrogens (tertiary/aromatic N) is 3. The average molecular weight is 492 g/mol. The molecule has 2 aromatic rings. The Morgan fingerprint density at radius 2 is 1.92 bits per heavy atom. The summed E-state index contributed by atoms with van der Waals surface area (Å²) in [5, 5.41) is 18.1. The van der Waals surface area contributed by atoms with Crippen molar-refractivity contribution in [2.75, 3.05) is 43.2 Å². The minimum Gasteiger partial charge on any atom is -0.396 e. The van der Waals surface area contributed by atoms with Crippen molar-refractivity contribution in [1.29, 1.82) is 5.26 Å². The van der Waals surface area contributed by atoms with Crippen molar-refractivity contribution in [2.45, 2.75) is 52.1 Å². The van der Waals surface area contributed by atoms with Crippen LogP contribution in [0.15, 0.2) is 60.2 Å². The Hall–Kier alpha value is -3.14. The topological polar surface area (TPSA) is 59.7 Å². The van der Waals surface area contributed by atoms with Crippen molar-refractivity contribution < 1.29 is 14.2 Å². The van der Waals surface area contributed by atoms with E-state index < -0.39 is 5.82 Å². The molecule has 2 aromatic carbocycles. The molecule has 0 radical (unpaired) electrons. The highest BCUT2D eigenvalue weighted by atomic mass is 19.1. The van der Waals surface area contributed by atoms with Crippen molar-refractivity contribution >= 4 is 17.1 Å². The third kappa shape index (κ3) is 7.19. The number of nitriles is 1. The van der Waals surface area contributed by atoms with Crippen LogP contribution < -0.4 is 9.80 Å². The molecule has 36 heavy (non-hydrogen) atoms. The van der Waals surface area contributed by atoms with E-state index in [1.165, 1.54) is 17.3 Å². The summed E-state index contributed by atoms with van der Waals surface area (Å²) in [5.41, 5.74) is 5.03. The van der Waals surface area contributed by atoms with Crippen molar-refractivity contribution in [1.82, 2.24) is 0 Å². The number of aliphatic hydroxyl groups excluding tert-OH is 1. The fourth-order valence-electron chi connectivity index (χ4n) is 4.50. The van der Waals surface area contributed by atoms with Crippen LogP contribution in [0.2, 0.25) is 0 Å². The Labute approximate surface area is 215 Å². The molecule has 0 unspecified atom stereocenters. The number of rotatable bonds is 11. The van der Waals surface area contributed by atoms with Gasteiger partial charge in [-0.25, -0.2) is 4.39 Å². The third-order valence-corrected chi connectivity index (χ3v) is 6.64. The van der Waals surface area contributed by atoms with Gasteiger partial charge in [0, 0.05) is 56.0 Å². The summed E-state index contributed by atoms with van der Waals surface area (Å²) in [6.45, 7) is 6.90. The molecule has 0 saturated carbocycles. The monoisotopic (exact) mass is 491 g/mol. The molecule has 3 rings (SSSR count). The molecule has 192 valence electrons. The van der Waals surface area contributed by atoms with Gasteiger partial charge in [-0.1, -0.05) is 31.6 Å². The minimum atomic E-state index is -0.508. The molecule has 0 spiro atoms. The van der Waals surface area contributed by atoms with Crippen LogP contribution in [0, 0.1) is 17.1 Å². The van der Waals surface area contributed by atoms with E-state index >= 15 is 0 Å². The molecule has 1 saturated heterocycles. The van der Waals surface area contributed by atoms with Crippen LogP contribution in [0.3, 0.4) is 0 Å². The van der Waals surface area contributed by atoms with Gasteiger partial charge in [-0.05, 0) is 74.6 Å². The molecular formula is C30H38FN3O2. The van der Waals surface area contributed by atoms with E-state index in [-0.39, 0.29) is 18.3 Å². The van der Waals surface area contributed by atoms with E-state index in [0.29, 0.717) is 13.0 Å². The summed E-state index contributed by atoms with van der Waals surface area (Å²) < 4.78 is 20.4. The summed E-state index contributed by atoms with van der Waals surface area (Å²) in [4.78, 5) is 4.45. The molecule has 1 heterocycles. The van der Waals surface area contributed by atoms with Gasteiger partial charge in [0.05, 0.1) is 11.7 Å². The molecule has 0 bridgehead atoms. The zero-order valence-corrected chi connectivity index (χ0v) is 21.7. The number of aliphatic hydroxyl groups is 1. The Bertz CT molecular complexity index is 1080. The first-order valence-corrected chi connectivity index (χ1v) is 12.9. The predicted octanol–water partition coefficient (Wildman–Crippen LogP) is 6.29. The Balaban J connectivity index is 1.79. The molecule has 1 N–H and O–H groups in total. The van der Waals surface area contributed by atoms with Crippen LogP contribution >= 0.6 is 0 Å². The third-order valence-electron chi connectivity index (χ3n) is 6.64. The Morgan fingerprint density at radius 1 is 1.19 bits per heavy atom. The molecule has 0 amide bonds. The first-order chi connectivity index (χ1) is 17.5. The predicted molar refractivity (Wildman–Crippen MR) is 145 cm³/mol. The number of piperidine rings is 1. The highest BCUT2D eigenvalue weighted by molar-refractivity contribution is 5.81. The van der Waals surface area contributed by atoms with Crippen LogP contribution in [0.25, 0.3) is 5.70 Å². The number of benzene rings is 2. The van der Waals surface area contributed by atoms with Gasteiger partial charge in [0.2, 0.25) is 0 Å². The second-order valence-electron chi connectivity index (χ2n) is 9.09. The number of hydrogen-bond acceptors (Lipinski definition) is 5. The number of allylic oxidation sites excluding steroid dienone is 3. The smallest absolute Gasteiger partial charge is 0.141 e. The second-order valence-corrected chi connectivity index (χ2v) is 9.09. The molecule has 1 aliphatic heterocycles. The second kappa shape index (κ2) is 13.8. The number of anilines is 2. The van der Waals surface area contributed by atoms with E-state index in [1.54, 1.807) is 6.07 Å². The van der Waals surface area contributed by atoms with E-state index in [1.807, 2.05) is 19.2 Å². The molecule has 1 aliphatic rings. The SMILES string of the molecule is CC/C=C(\C=C(\c1ccc(C#N)c(F)c1)N(C)c1ccc(N2CCC(OCCCO)CC2)cc1)CC. The quantitative estimate of drug-likeness (QED) is 0.296. The van der Waals surface area contributed by atoms with Gasteiger partial charge in [-0.15, -0.1) is 0 Å². The van der Waals surface area contributed by atoms with Crippen molar-refractivity contribution in [3.05, 3.63) is 77.1 Å². The van der Waals surface area contributed by atoms with E-state index in [9.17, 15) is 4.39 Å². The lowest BCUT2D eigenvalue weighted by Crippen LogP contribution is -2.37. The number of ether oxygens (including phenoxy) is 1. The van der Waals surface area contributed by atoms with Crippen LogP contribution in [0.4, 0.5) is 15.8 Å². The zero-order valence-electron chi connectivity index (χ0n) is 21.7. The van der Waals surface area contributed by atoms with Gasteiger partial charge >= 0.3 is 0 Å². The molecule has 1 fully saturated rings. The molecule has 0 aromatic heterocycles. The van der Waals surface area contributed by atoms with Crippen LogP contribution in [0.5, 0.6) is 0 Å². The Morgan fingerprint density at radius 3 is 2.50 bits per heavy atom. The minimum absolute atomic E-state index is 0.0486. The van der Waals surface area contributed by atoms with Gasteiger partial charge < -0.3 is 19.6 Å². The van der Waals surface area contributed by atoms with E-state index in [0.717, 1.165) is 55.7 Å². The lowest BCUT2D eigenvalue weighted by molar-refractivity contribution is 0.0294. The van der Waals surface area contributed by atoms with Crippen molar-refractivity contribution in [3.63, 3.8) is 0 Å². The van der Waals surface area contributed by atoms with Crippen LogP contribution in [-0.4, -0.2) is 44.6 Å². The lowest BCUT2D eigenvalue weighted by atomic mass is 10.0. The van der Waals surface area contributed by atoms with E-state index in [2.05, 4.69) is 60.1 Å². The maximum absolute atomic E-state index is 14.5. The molecule has 5 nitrogen and oxygen atoms in total. The maximum Gasteiger partial charge on any atom is 0.141 e. The van der Waals surface area contributed by atoms with E-state index in [4.69, 9.17) is 15.1 Å². The largest absolute Gasteiger partial charge is 0.396 e. The molecule has 0 atom stereocenters. The fourth-order valence-corrected chi connectivity index (χ4v) is 4.50. The number of hydrogen-bond donors (Lipinski definition) is 1. The first-order valence-electron chi connectivity index (χ1n) is 12.9. The van der Waals surface area contributed by atoms with Gasteiger partial charge in [-0.2, -0.15) is 5.26 Å². The Kier molecular flexibility index (Phi) is 10.5. The van der Waals surface area contributed by atoms with Crippen molar-refractivity contribution in [3.8, 4) is 6.07 Å². The standard InChI is InChI=1S/C30H38FN3O2/c1-4-7-23(5-2)20-30(24-8-9-25(22-32)29(31)21-24)33(3)26-10-12-27(13-11-26)34-16-14-28(15-17-34)36-19-6-18-35/h7-13,20-21,28,35H,4-6,14-19H2,1-3H3/b23-7-,30-20-. The zero-order chi connectivity index (χ0) is 25.9. The number of halogens is 1. The van der Waals surface area contributed by atoms with Gasteiger partial charge in [0.1, 0.15) is 11.9 Å². The highest BCUT2D eigenvalue weighted by Crippen LogP contribution is 2.30. The summed E-state index contributed by atoms with van der Waals surface area (Å²) in [5.74, 6) is -0.508. The maximum atomic E-state index is 14.5. The summed E-state index contributed by atoms with van der Waals surface area (Å²) in [6.07, 6.45) is 9.02. The highest BCUT2D eigenvalue weighted by Gasteiger charge is 2.20. The van der Waals surface area contributed by atoms with Crippen LogP contribution in [0.1, 0.15) is 57.1 Å². The fraction of sp³-hybridized carbons (Fsp3) is 0.433. The summed E-state index contributed by atoms with van der Waals surface area (Å²) in [6, 6.07) is 15.2. The van der Waals surface area contributed by atoms with Crippen molar-refractivity contribution in [2.24, 2.45) is 0 Å². The van der Waals surface area contributed by atoms with Gasteiger partial charge in [0.15, 0.2) is 0 Å².